The Kier molecular flexibility index (Phi) is 4.80. The topological polar surface area (TPSA) is 99.8 Å². The molecule has 8 nitrogen and oxygen atoms in total. The second-order valence-corrected chi connectivity index (χ2v) is 5.99. The number of hydrogen-bond donors (Lipinski definition) is 1. The lowest BCUT2D eigenvalue weighted by molar-refractivity contribution is -0.130. The van der Waals surface area contributed by atoms with Gasteiger partial charge in [-0.1, -0.05) is 5.16 Å². The molecule has 2 aromatic rings. The summed E-state index contributed by atoms with van der Waals surface area (Å²) in [6, 6.07) is 3.52. The Hall–Kier alpha value is -2.74. The number of aliphatic hydroxyl groups is 1. The maximum Gasteiger partial charge on any atom is 0.259 e. The van der Waals surface area contributed by atoms with Crippen LogP contribution >= 0.6 is 0 Å². The minimum Gasteiger partial charge on any atom is -0.385 e. The third-order valence-corrected chi connectivity index (χ3v) is 4.26. The summed E-state index contributed by atoms with van der Waals surface area (Å²) in [5.41, 5.74) is 1.26. The molecular formula is C17H20N4O4. The van der Waals surface area contributed by atoms with Crippen LogP contribution < -0.4 is 0 Å². The highest BCUT2D eigenvalue weighted by Crippen LogP contribution is 2.30. The van der Waals surface area contributed by atoms with Crippen molar-refractivity contribution in [1.82, 2.24) is 19.9 Å². The zero-order valence-corrected chi connectivity index (χ0v) is 14.2. The Balaban J connectivity index is 1.92. The summed E-state index contributed by atoms with van der Waals surface area (Å²) in [6.07, 6.45) is 2.26. The van der Waals surface area contributed by atoms with Crippen molar-refractivity contribution in [3.63, 3.8) is 0 Å². The van der Waals surface area contributed by atoms with Crippen LogP contribution in [0, 0.1) is 0 Å². The van der Waals surface area contributed by atoms with E-state index in [1.165, 1.54) is 13.8 Å². The van der Waals surface area contributed by atoms with Crippen LogP contribution in [0.3, 0.4) is 0 Å². The van der Waals surface area contributed by atoms with E-state index in [0.717, 1.165) is 0 Å². The van der Waals surface area contributed by atoms with Crippen molar-refractivity contribution in [3.05, 3.63) is 35.9 Å². The predicted octanol–water partition coefficient (Wildman–Crippen LogP) is 1.09. The van der Waals surface area contributed by atoms with E-state index in [1.54, 1.807) is 34.3 Å². The molecule has 1 fully saturated rings. The maximum atomic E-state index is 13.0. The first-order chi connectivity index (χ1) is 12.0. The molecule has 8 heteroatoms. The molecule has 0 saturated carbocycles. The van der Waals surface area contributed by atoms with Crippen molar-refractivity contribution in [2.24, 2.45) is 0 Å². The number of hydrogen-bond acceptors (Lipinski definition) is 6. The zero-order chi connectivity index (χ0) is 18.0. The number of rotatable bonds is 3. The van der Waals surface area contributed by atoms with Gasteiger partial charge < -0.3 is 19.4 Å². The Morgan fingerprint density at radius 2 is 1.92 bits per heavy atom. The number of carbonyl (C=O) groups excluding carboxylic acids is 2. The fourth-order valence-electron chi connectivity index (χ4n) is 2.88. The third kappa shape index (κ3) is 3.39. The van der Waals surface area contributed by atoms with Crippen molar-refractivity contribution in [2.75, 3.05) is 26.2 Å². The van der Waals surface area contributed by atoms with Gasteiger partial charge in [-0.25, -0.2) is 0 Å². The van der Waals surface area contributed by atoms with Crippen molar-refractivity contribution < 1.29 is 19.2 Å². The van der Waals surface area contributed by atoms with E-state index >= 15 is 0 Å². The van der Waals surface area contributed by atoms with E-state index in [1.807, 2.05) is 0 Å². The van der Waals surface area contributed by atoms with Gasteiger partial charge in [0.15, 0.2) is 5.76 Å². The third-order valence-electron chi connectivity index (χ3n) is 4.26. The van der Waals surface area contributed by atoms with Crippen LogP contribution in [-0.2, 0) is 4.79 Å². The van der Waals surface area contributed by atoms with Gasteiger partial charge in [-0.15, -0.1) is 0 Å². The lowest BCUT2D eigenvalue weighted by Crippen LogP contribution is -2.50. The molecule has 2 aromatic heterocycles. The van der Waals surface area contributed by atoms with Crippen LogP contribution in [0.1, 0.15) is 36.1 Å². The van der Waals surface area contributed by atoms with Gasteiger partial charge in [0, 0.05) is 51.1 Å². The van der Waals surface area contributed by atoms with Crippen LogP contribution in [0.2, 0.25) is 0 Å². The van der Waals surface area contributed by atoms with Crippen LogP contribution in [0.5, 0.6) is 0 Å². The van der Waals surface area contributed by atoms with E-state index in [-0.39, 0.29) is 23.1 Å². The Morgan fingerprint density at radius 3 is 2.48 bits per heavy atom. The van der Waals surface area contributed by atoms with Crippen molar-refractivity contribution in [1.29, 1.82) is 0 Å². The lowest BCUT2D eigenvalue weighted by atomic mass is 10.0. The van der Waals surface area contributed by atoms with Crippen molar-refractivity contribution in [2.45, 2.75) is 20.0 Å². The highest BCUT2D eigenvalue weighted by molar-refractivity contribution is 6.01. The summed E-state index contributed by atoms with van der Waals surface area (Å²) in [7, 11) is 0. The highest BCUT2D eigenvalue weighted by Gasteiger charge is 2.31. The second-order valence-electron chi connectivity index (χ2n) is 5.99. The molecule has 1 aliphatic heterocycles. The van der Waals surface area contributed by atoms with E-state index < -0.39 is 6.10 Å². The van der Waals surface area contributed by atoms with Gasteiger partial charge in [0.1, 0.15) is 17.4 Å². The normalized spacial score (nSPS) is 16.0. The van der Waals surface area contributed by atoms with E-state index in [4.69, 9.17) is 4.52 Å². The number of aliphatic hydroxyl groups excluding tert-OH is 1. The molecule has 0 spiro atoms. The molecule has 0 unspecified atom stereocenters. The number of piperazine rings is 1. The number of aromatic nitrogens is 2. The molecule has 0 aliphatic carbocycles. The predicted molar refractivity (Wildman–Crippen MR) is 88.5 cm³/mol. The number of nitrogens with zero attached hydrogens (tertiary/aromatic N) is 4. The molecule has 3 rings (SSSR count). The lowest BCUT2D eigenvalue weighted by Gasteiger charge is -2.34. The summed E-state index contributed by atoms with van der Waals surface area (Å²) in [6.45, 7) is 4.86. The Bertz CT molecular complexity index is 764. The standard InChI is InChI=1S/C17H20N4O4/c1-11(22)16-14(15(19-25-16)13-4-3-5-18-10-13)17(24)21-8-6-20(7-9-21)12(2)23/h3-5,10-11,22H,6-9H2,1-2H3/t11-/m0/s1. The summed E-state index contributed by atoms with van der Waals surface area (Å²) in [4.78, 5) is 31.9. The molecule has 0 radical (unpaired) electrons. The van der Waals surface area contributed by atoms with Gasteiger partial charge >= 0.3 is 0 Å². The Morgan fingerprint density at radius 1 is 1.24 bits per heavy atom. The zero-order valence-electron chi connectivity index (χ0n) is 14.2. The van der Waals surface area contributed by atoms with Crippen molar-refractivity contribution in [3.8, 4) is 11.3 Å². The molecule has 1 saturated heterocycles. The molecule has 1 atom stereocenters. The second kappa shape index (κ2) is 7.02. The van der Waals surface area contributed by atoms with Gasteiger partial charge in [0.05, 0.1) is 0 Å². The molecule has 0 aromatic carbocycles. The largest absolute Gasteiger partial charge is 0.385 e. The molecule has 25 heavy (non-hydrogen) atoms. The van der Waals surface area contributed by atoms with Crippen LogP contribution in [-0.4, -0.2) is 63.0 Å². The van der Waals surface area contributed by atoms with Gasteiger partial charge in [-0.3, -0.25) is 14.6 Å². The molecule has 132 valence electrons. The van der Waals surface area contributed by atoms with Crippen LogP contribution in [0.25, 0.3) is 11.3 Å². The SMILES string of the molecule is CC(=O)N1CCN(C(=O)c2c(-c3cccnc3)noc2[C@H](C)O)CC1. The highest BCUT2D eigenvalue weighted by atomic mass is 16.5. The first-order valence-electron chi connectivity index (χ1n) is 8.12. The molecule has 0 bridgehead atoms. The van der Waals surface area contributed by atoms with Crippen molar-refractivity contribution >= 4 is 11.8 Å². The molecule has 1 aliphatic rings. The number of carbonyl (C=O) groups is 2. The van der Waals surface area contributed by atoms with Gasteiger partial charge in [0.25, 0.3) is 5.91 Å². The summed E-state index contributed by atoms with van der Waals surface area (Å²) >= 11 is 0. The first-order valence-corrected chi connectivity index (χ1v) is 8.12. The maximum absolute atomic E-state index is 13.0. The first kappa shape index (κ1) is 17.1. The van der Waals surface area contributed by atoms with Crippen LogP contribution in [0.15, 0.2) is 29.0 Å². The average Bonchev–Trinajstić information content (AvgIpc) is 3.07. The van der Waals surface area contributed by atoms with Gasteiger partial charge in [0.2, 0.25) is 5.91 Å². The van der Waals surface area contributed by atoms with Crippen LogP contribution in [0.4, 0.5) is 0 Å². The molecule has 1 N–H and O–H groups in total. The van der Waals surface area contributed by atoms with E-state index in [2.05, 4.69) is 10.1 Å². The monoisotopic (exact) mass is 344 g/mol. The smallest absolute Gasteiger partial charge is 0.259 e. The summed E-state index contributed by atoms with van der Waals surface area (Å²) in [5, 5.41) is 13.9. The minimum absolute atomic E-state index is 0.00204. The summed E-state index contributed by atoms with van der Waals surface area (Å²) < 4.78 is 5.24. The fraction of sp³-hybridized carbons (Fsp3) is 0.412. The number of pyridine rings is 1. The average molecular weight is 344 g/mol. The molecular weight excluding hydrogens is 324 g/mol. The Labute approximate surface area is 145 Å². The van der Waals surface area contributed by atoms with Gasteiger partial charge in [-0.05, 0) is 19.1 Å². The number of amides is 2. The molecule has 2 amide bonds. The van der Waals surface area contributed by atoms with E-state index in [0.29, 0.717) is 37.4 Å². The quantitative estimate of drug-likeness (QED) is 0.895. The summed E-state index contributed by atoms with van der Waals surface area (Å²) in [5.74, 6) is -0.130. The minimum atomic E-state index is -0.963. The molecule has 3 heterocycles. The van der Waals surface area contributed by atoms with Gasteiger partial charge in [-0.2, -0.15) is 0 Å². The van der Waals surface area contributed by atoms with E-state index in [9.17, 15) is 14.7 Å². The fourth-order valence-corrected chi connectivity index (χ4v) is 2.88.